The van der Waals surface area contributed by atoms with Crippen molar-refractivity contribution >= 4 is 29.5 Å². The van der Waals surface area contributed by atoms with Crippen molar-refractivity contribution in [3.63, 3.8) is 0 Å². The highest BCUT2D eigenvalue weighted by molar-refractivity contribution is 7.13. The summed E-state index contributed by atoms with van der Waals surface area (Å²) in [6, 6.07) is 15.5. The van der Waals surface area contributed by atoms with E-state index in [9.17, 15) is 19.5 Å². The van der Waals surface area contributed by atoms with Gasteiger partial charge in [-0.2, -0.15) is 0 Å². The van der Waals surface area contributed by atoms with Gasteiger partial charge < -0.3 is 25.2 Å². The fraction of sp³-hybridized carbons (Fsp3) is 0.400. The number of unbranched alkanes of at least 4 members (excludes halogenated alkanes) is 1. The first-order valence-electron chi connectivity index (χ1n) is 13.3. The Balaban J connectivity index is 1.40. The maximum absolute atomic E-state index is 13.0. The van der Waals surface area contributed by atoms with Crippen LogP contribution in [-0.4, -0.2) is 47.0 Å². The second kappa shape index (κ2) is 12.5. The van der Waals surface area contributed by atoms with E-state index in [4.69, 9.17) is 9.47 Å². The predicted molar refractivity (Wildman–Crippen MR) is 153 cm³/mol. The summed E-state index contributed by atoms with van der Waals surface area (Å²) in [5, 5.41) is 15.9. The van der Waals surface area contributed by atoms with Crippen molar-refractivity contribution in [2.45, 2.75) is 64.5 Å². The molecule has 1 atom stereocenters. The molecule has 2 aromatic carbocycles. The number of benzene rings is 2. The van der Waals surface area contributed by atoms with Gasteiger partial charge in [0.1, 0.15) is 17.1 Å². The summed E-state index contributed by atoms with van der Waals surface area (Å²) in [6.07, 6.45) is 0.488. The van der Waals surface area contributed by atoms with Gasteiger partial charge in [0.25, 0.3) is 0 Å². The van der Waals surface area contributed by atoms with Crippen LogP contribution in [0, 0.1) is 6.92 Å². The molecule has 2 amide bonds. The second-order valence-corrected chi connectivity index (χ2v) is 11.9. The number of rotatable bonds is 10. The molecule has 4 rings (SSSR count). The van der Waals surface area contributed by atoms with Gasteiger partial charge in [0.15, 0.2) is 0 Å². The van der Waals surface area contributed by atoms with E-state index >= 15 is 0 Å². The summed E-state index contributed by atoms with van der Waals surface area (Å²) in [6.45, 7) is 7.64. The Morgan fingerprint density at radius 3 is 2.23 bits per heavy atom. The van der Waals surface area contributed by atoms with Crippen LogP contribution in [0.25, 0.3) is 11.1 Å². The molecule has 1 heterocycles. The molecule has 0 radical (unpaired) electrons. The lowest BCUT2D eigenvalue weighted by Gasteiger charge is -2.20. The van der Waals surface area contributed by atoms with Crippen molar-refractivity contribution in [1.29, 1.82) is 0 Å². The number of carbonyl (C=O) groups excluding carboxylic acids is 2. The molecule has 0 saturated carbocycles. The number of aryl methyl sites for hydroxylation is 1. The molecule has 1 aromatic heterocycles. The molecule has 3 aromatic rings. The number of ether oxygens (including phenoxy) is 2. The maximum atomic E-state index is 13.0. The molecular weight excluding hydrogens is 530 g/mol. The third-order valence-corrected chi connectivity index (χ3v) is 7.48. The molecule has 3 N–H and O–H groups in total. The van der Waals surface area contributed by atoms with E-state index in [-0.39, 0.29) is 17.4 Å². The molecule has 0 spiro atoms. The largest absolute Gasteiger partial charge is 0.477 e. The summed E-state index contributed by atoms with van der Waals surface area (Å²) in [5.41, 5.74) is 4.20. The SMILES string of the molecule is Cc1nc([C@H](CCCCNC(=O)OC(C)(C)C)NC(=O)OCC2c3ccccc3-c3ccccc32)c(C(=O)O)s1. The standard InChI is InChI=1S/C30H35N3O6S/c1-18-32-25(26(40-18)27(34)35)24(15-9-10-16-31-28(36)39-30(2,3)4)33-29(37)38-17-23-21-13-7-5-11-19(21)20-12-6-8-14-22(20)23/h5-8,11-14,23-24H,9-10,15-17H2,1-4H3,(H,31,36)(H,33,37)(H,34,35)/t24-/m0/s1. The Morgan fingerprint density at radius 2 is 1.62 bits per heavy atom. The molecule has 0 aliphatic heterocycles. The van der Waals surface area contributed by atoms with E-state index < -0.39 is 29.8 Å². The van der Waals surface area contributed by atoms with Crippen LogP contribution in [-0.2, 0) is 9.47 Å². The first-order chi connectivity index (χ1) is 19.0. The van der Waals surface area contributed by atoms with Gasteiger partial charge in [0.2, 0.25) is 0 Å². The number of alkyl carbamates (subject to hydrolysis) is 2. The monoisotopic (exact) mass is 565 g/mol. The van der Waals surface area contributed by atoms with Gasteiger partial charge in [-0.25, -0.2) is 19.4 Å². The number of carboxylic acid groups (broad SMARTS) is 1. The topological polar surface area (TPSA) is 127 Å². The van der Waals surface area contributed by atoms with Crippen LogP contribution in [0.5, 0.6) is 0 Å². The zero-order chi connectivity index (χ0) is 28.9. The van der Waals surface area contributed by atoms with Crippen LogP contribution in [0.15, 0.2) is 48.5 Å². The highest BCUT2D eigenvalue weighted by atomic mass is 32.1. The van der Waals surface area contributed by atoms with E-state index in [1.165, 1.54) is 0 Å². The van der Waals surface area contributed by atoms with Crippen LogP contribution in [0.2, 0.25) is 0 Å². The van der Waals surface area contributed by atoms with Crippen molar-refractivity contribution in [2.75, 3.05) is 13.2 Å². The van der Waals surface area contributed by atoms with Crippen molar-refractivity contribution in [3.05, 3.63) is 75.2 Å². The summed E-state index contributed by atoms with van der Waals surface area (Å²) >= 11 is 1.07. The number of hydrogen-bond donors (Lipinski definition) is 3. The Labute approximate surface area is 237 Å². The van der Waals surface area contributed by atoms with Gasteiger partial charge in [-0.05, 0) is 69.2 Å². The third-order valence-electron chi connectivity index (χ3n) is 6.51. The zero-order valence-corrected chi connectivity index (χ0v) is 24.0. The molecule has 1 aliphatic rings. The lowest BCUT2D eigenvalue weighted by atomic mass is 9.98. The fourth-order valence-electron chi connectivity index (χ4n) is 4.87. The molecule has 212 valence electrons. The van der Waals surface area contributed by atoms with Crippen LogP contribution in [0.3, 0.4) is 0 Å². The second-order valence-electron chi connectivity index (χ2n) is 10.7. The predicted octanol–water partition coefficient (Wildman–Crippen LogP) is 6.42. The van der Waals surface area contributed by atoms with E-state index in [2.05, 4.69) is 27.8 Å². The van der Waals surface area contributed by atoms with Crippen molar-refractivity contribution in [2.24, 2.45) is 0 Å². The molecule has 0 saturated heterocycles. The number of carbonyl (C=O) groups is 3. The number of thiazole rings is 1. The van der Waals surface area contributed by atoms with Gasteiger partial charge in [-0.1, -0.05) is 48.5 Å². The third kappa shape index (κ3) is 7.18. The first kappa shape index (κ1) is 29.1. The van der Waals surface area contributed by atoms with Crippen LogP contribution in [0.1, 0.15) is 83.5 Å². The van der Waals surface area contributed by atoms with Gasteiger partial charge >= 0.3 is 18.2 Å². The number of carboxylic acids is 1. The molecule has 40 heavy (non-hydrogen) atoms. The fourth-order valence-corrected chi connectivity index (χ4v) is 5.69. The Kier molecular flexibility index (Phi) is 9.09. The van der Waals surface area contributed by atoms with Crippen LogP contribution < -0.4 is 10.6 Å². The van der Waals surface area contributed by atoms with Crippen molar-refractivity contribution < 1.29 is 29.0 Å². The normalized spacial score (nSPS) is 13.2. The van der Waals surface area contributed by atoms with Crippen LogP contribution in [0.4, 0.5) is 9.59 Å². The average molecular weight is 566 g/mol. The van der Waals surface area contributed by atoms with Gasteiger partial charge in [-0.15, -0.1) is 11.3 Å². The lowest BCUT2D eigenvalue weighted by molar-refractivity contribution is 0.0526. The number of nitrogens with zero attached hydrogens (tertiary/aromatic N) is 1. The van der Waals surface area contributed by atoms with E-state index in [1.807, 2.05) is 36.4 Å². The number of hydrogen-bond acceptors (Lipinski definition) is 7. The number of amides is 2. The molecule has 1 aliphatic carbocycles. The minimum atomic E-state index is -1.09. The Morgan fingerprint density at radius 1 is 1.00 bits per heavy atom. The molecule has 0 fully saturated rings. The van der Waals surface area contributed by atoms with E-state index in [1.54, 1.807) is 27.7 Å². The van der Waals surface area contributed by atoms with Gasteiger partial charge in [-0.3, -0.25) is 0 Å². The highest BCUT2D eigenvalue weighted by Gasteiger charge is 2.30. The maximum Gasteiger partial charge on any atom is 0.407 e. The summed E-state index contributed by atoms with van der Waals surface area (Å²) in [4.78, 5) is 41.3. The zero-order valence-electron chi connectivity index (χ0n) is 23.2. The summed E-state index contributed by atoms with van der Waals surface area (Å²) in [7, 11) is 0. The average Bonchev–Trinajstić information content (AvgIpc) is 3.44. The highest BCUT2D eigenvalue weighted by Crippen LogP contribution is 2.44. The first-order valence-corrected chi connectivity index (χ1v) is 14.1. The smallest absolute Gasteiger partial charge is 0.407 e. The van der Waals surface area contributed by atoms with Crippen molar-refractivity contribution in [3.8, 4) is 11.1 Å². The number of fused-ring (bicyclic) bond motifs is 3. The van der Waals surface area contributed by atoms with E-state index in [0.29, 0.717) is 36.5 Å². The number of aromatic nitrogens is 1. The number of nitrogens with one attached hydrogen (secondary N) is 2. The summed E-state index contributed by atoms with van der Waals surface area (Å²) in [5.74, 6) is -1.18. The van der Waals surface area contributed by atoms with E-state index in [0.717, 1.165) is 33.6 Å². The van der Waals surface area contributed by atoms with Gasteiger partial charge in [0, 0.05) is 12.5 Å². The lowest BCUT2D eigenvalue weighted by Crippen LogP contribution is -2.33. The van der Waals surface area contributed by atoms with Gasteiger partial charge in [0.05, 0.1) is 16.7 Å². The Bertz CT molecular complexity index is 1330. The molecular formula is C30H35N3O6S. The quantitative estimate of drug-likeness (QED) is 0.242. The molecule has 9 nitrogen and oxygen atoms in total. The van der Waals surface area contributed by atoms with Crippen LogP contribution >= 0.6 is 11.3 Å². The minimum absolute atomic E-state index is 0.0910. The summed E-state index contributed by atoms with van der Waals surface area (Å²) < 4.78 is 11.0. The molecule has 0 bridgehead atoms. The Hall–Kier alpha value is -3.92. The molecule has 0 unspecified atom stereocenters. The number of aromatic carboxylic acids is 1. The molecule has 10 heteroatoms. The minimum Gasteiger partial charge on any atom is -0.477 e. The van der Waals surface area contributed by atoms with Crippen molar-refractivity contribution in [1.82, 2.24) is 15.6 Å².